The maximum atomic E-state index is 9.62. The predicted octanol–water partition coefficient (Wildman–Crippen LogP) is 4.75. The second-order valence-electron chi connectivity index (χ2n) is 6.43. The van der Waals surface area contributed by atoms with Gasteiger partial charge in [-0.15, -0.1) is 0 Å². The van der Waals surface area contributed by atoms with Gasteiger partial charge in [0, 0.05) is 11.3 Å². The average Bonchev–Trinajstić information content (AvgIpc) is 2.68. The Morgan fingerprint density at radius 1 is 0.840 bits per heavy atom. The Bertz CT molecular complexity index is 951. The summed E-state index contributed by atoms with van der Waals surface area (Å²) in [5, 5.41) is 9.62. The molecule has 3 aromatic rings. The van der Waals surface area contributed by atoms with Crippen molar-refractivity contribution in [3.05, 3.63) is 71.4 Å². The highest BCUT2D eigenvalue weighted by atomic mass is 14.9. The molecule has 0 bridgehead atoms. The van der Waals surface area contributed by atoms with E-state index in [9.17, 15) is 5.26 Å². The lowest BCUT2D eigenvalue weighted by atomic mass is 9.86. The Hall–Kier alpha value is -3.12. The Kier molecular flexibility index (Phi) is 3.95. The molecule has 122 valence electrons. The molecule has 3 nitrogen and oxygen atoms in total. The third kappa shape index (κ3) is 2.77. The van der Waals surface area contributed by atoms with Crippen molar-refractivity contribution in [1.29, 1.82) is 5.26 Å². The van der Waals surface area contributed by atoms with Gasteiger partial charge in [-0.1, -0.05) is 54.6 Å². The molecular formula is C22H19N3. The van der Waals surface area contributed by atoms with Crippen LogP contribution in [0.15, 0.2) is 54.6 Å². The summed E-state index contributed by atoms with van der Waals surface area (Å²) >= 11 is 0. The number of nitrogen functional groups attached to an aromatic ring is 1. The number of pyridine rings is 1. The van der Waals surface area contributed by atoms with Gasteiger partial charge >= 0.3 is 0 Å². The molecule has 0 fully saturated rings. The largest absolute Gasteiger partial charge is 0.383 e. The van der Waals surface area contributed by atoms with E-state index in [0.29, 0.717) is 11.4 Å². The van der Waals surface area contributed by atoms with Crippen LogP contribution in [-0.2, 0) is 12.8 Å². The molecule has 1 aliphatic carbocycles. The van der Waals surface area contributed by atoms with Crippen LogP contribution in [0.3, 0.4) is 0 Å². The lowest BCUT2D eigenvalue weighted by Gasteiger charge is -2.21. The van der Waals surface area contributed by atoms with E-state index in [1.807, 2.05) is 18.2 Å². The summed E-state index contributed by atoms with van der Waals surface area (Å²) in [7, 11) is 0. The summed E-state index contributed by atoms with van der Waals surface area (Å²) in [4.78, 5) is 4.49. The van der Waals surface area contributed by atoms with Gasteiger partial charge in [-0.05, 0) is 47.9 Å². The van der Waals surface area contributed by atoms with E-state index in [-0.39, 0.29) is 0 Å². The molecule has 0 spiro atoms. The van der Waals surface area contributed by atoms with Crippen molar-refractivity contribution in [3.8, 4) is 28.3 Å². The van der Waals surface area contributed by atoms with Gasteiger partial charge in [0.05, 0.1) is 0 Å². The van der Waals surface area contributed by atoms with Crippen LogP contribution in [0.2, 0.25) is 0 Å². The second-order valence-corrected chi connectivity index (χ2v) is 6.43. The molecule has 2 N–H and O–H groups in total. The minimum Gasteiger partial charge on any atom is -0.383 e. The van der Waals surface area contributed by atoms with Crippen molar-refractivity contribution in [3.63, 3.8) is 0 Å². The van der Waals surface area contributed by atoms with Gasteiger partial charge in [0.25, 0.3) is 0 Å². The van der Waals surface area contributed by atoms with E-state index < -0.39 is 0 Å². The molecule has 0 aliphatic heterocycles. The maximum absolute atomic E-state index is 9.62. The number of benzene rings is 2. The Balaban J connectivity index is 1.85. The SMILES string of the molecule is N#Cc1c(N)nc2c(c1-c1ccc(-c3ccccc3)cc1)CCCC2. The van der Waals surface area contributed by atoms with Crippen LogP contribution < -0.4 is 5.73 Å². The number of aryl methyl sites for hydroxylation is 1. The predicted molar refractivity (Wildman–Crippen MR) is 101 cm³/mol. The van der Waals surface area contributed by atoms with Gasteiger partial charge < -0.3 is 5.73 Å². The summed E-state index contributed by atoms with van der Waals surface area (Å²) in [5.74, 6) is 0.352. The lowest BCUT2D eigenvalue weighted by molar-refractivity contribution is 0.670. The van der Waals surface area contributed by atoms with E-state index >= 15 is 0 Å². The molecule has 0 unspecified atom stereocenters. The van der Waals surface area contributed by atoms with E-state index in [1.165, 1.54) is 16.7 Å². The van der Waals surface area contributed by atoms with Crippen molar-refractivity contribution in [1.82, 2.24) is 4.98 Å². The van der Waals surface area contributed by atoms with E-state index in [4.69, 9.17) is 5.73 Å². The van der Waals surface area contributed by atoms with Crippen LogP contribution in [0.1, 0.15) is 29.7 Å². The molecule has 0 saturated heterocycles. The minimum absolute atomic E-state index is 0.352. The molecule has 1 heterocycles. The fraction of sp³-hybridized carbons (Fsp3) is 0.182. The molecular weight excluding hydrogens is 306 g/mol. The molecule has 25 heavy (non-hydrogen) atoms. The summed E-state index contributed by atoms with van der Waals surface area (Å²) in [6.45, 7) is 0. The zero-order valence-electron chi connectivity index (χ0n) is 14.0. The van der Waals surface area contributed by atoms with Crippen molar-refractivity contribution in [2.45, 2.75) is 25.7 Å². The highest BCUT2D eigenvalue weighted by Gasteiger charge is 2.21. The van der Waals surface area contributed by atoms with Gasteiger partial charge in [0.2, 0.25) is 0 Å². The van der Waals surface area contributed by atoms with E-state index in [2.05, 4.69) is 47.5 Å². The molecule has 0 saturated carbocycles. The van der Waals surface area contributed by atoms with Crippen LogP contribution in [0, 0.1) is 11.3 Å². The zero-order chi connectivity index (χ0) is 17.2. The number of hydrogen-bond donors (Lipinski definition) is 1. The summed E-state index contributed by atoms with van der Waals surface area (Å²) in [6, 6.07) is 21.0. The third-order valence-electron chi connectivity index (χ3n) is 4.89. The van der Waals surface area contributed by atoms with Gasteiger partial charge in [-0.3, -0.25) is 0 Å². The Morgan fingerprint density at radius 2 is 1.48 bits per heavy atom. The highest BCUT2D eigenvalue weighted by Crippen LogP contribution is 2.36. The number of nitriles is 1. The Labute approximate surface area is 147 Å². The van der Waals surface area contributed by atoms with Gasteiger partial charge in [-0.2, -0.15) is 5.26 Å². The van der Waals surface area contributed by atoms with Crippen LogP contribution in [0.4, 0.5) is 5.82 Å². The number of aromatic nitrogens is 1. The van der Waals surface area contributed by atoms with Crippen molar-refractivity contribution >= 4 is 5.82 Å². The maximum Gasteiger partial charge on any atom is 0.142 e. The molecule has 1 aliphatic rings. The van der Waals surface area contributed by atoms with E-state index in [0.717, 1.165) is 42.5 Å². The zero-order valence-corrected chi connectivity index (χ0v) is 14.0. The first-order valence-electron chi connectivity index (χ1n) is 8.65. The molecule has 2 aromatic carbocycles. The summed E-state index contributed by atoms with van der Waals surface area (Å²) < 4.78 is 0. The lowest BCUT2D eigenvalue weighted by Crippen LogP contribution is -2.11. The monoisotopic (exact) mass is 325 g/mol. The fourth-order valence-electron chi connectivity index (χ4n) is 3.65. The number of fused-ring (bicyclic) bond motifs is 1. The van der Waals surface area contributed by atoms with Gasteiger partial charge in [-0.25, -0.2) is 4.98 Å². The third-order valence-corrected chi connectivity index (χ3v) is 4.89. The van der Waals surface area contributed by atoms with Crippen LogP contribution in [-0.4, -0.2) is 4.98 Å². The first kappa shape index (κ1) is 15.4. The van der Waals surface area contributed by atoms with Crippen molar-refractivity contribution < 1.29 is 0 Å². The van der Waals surface area contributed by atoms with Crippen LogP contribution >= 0.6 is 0 Å². The molecule has 0 radical (unpaired) electrons. The molecule has 0 amide bonds. The highest BCUT2D eigenvalue weighted by molar-refractivity contribution is 5.80. The number of nitrogens with zero attached hydrogens (tertiary/aromatic N) is 2. The number of anilines is 1. The number of hydrogen-bond acceptors (Lipinski definition) is 3. The summed E-state index contributed by atoms with van der Waals surface area (Å²) in [6.07, 6.45) is 4.18. The second kappa shape index (κ2) is 6.41. The van der Waals surface area contributed by atoms with Crippen LogP contribution in [0.5, 0.6) is 0 Å². The Morgan fingerprint density at radius 3 is 2.20 bits per heavy atom. The minimum atomic E-state index is 0.352. The van der Waals surface area contributed by atoms with E-state index in [1.54, 1.807) is 0 Å². The fourth-order valence-corrected chi connectivity index (χ4v) is 3.65. The van der Waals surface area contributed by atoms with Crippen molar-refractivity contribution in [2.75, 3.05) is 5.73 Å². The number of rotatable bonds is 2. The van der Waals surface area contributed by atoms with Gasteiger partial charge in [0.15, 0.2) is 0 Å². The number of nitrogens with two attached hydrogens (primary N) is 1. The standard InChI is InChI=1S/C22H19N3/c23-14-19-21(18-8-4-5-9-20(18)25-22(19)24)17-12-10-16(11-13-17)15-6-2-1-3-7-15/h1-3,6-7,10-13H,4-5,8-9H2,(H2,24,25). The van der Waals surface area contributed by atoms with Crippen LogP contribution in [0.25, 0.3) is 22.3 Å². The normalized spacial score (nSPS) is 13.1. The molecule has 1 aromatic heterocycles. The molecule has 4 rings (SSSR count). The molecule has 3 heteroatoms. The topological polar surface area (TPSA) is 62.7 Å². The smallest absolute Gasteiger partial charge is 0.142 e. The van der Waals surface area contributed by atoms with Gasteiger partial charge in [0.1, 0.15) is 17.5 Å². The average molecular weight is 325 g/mol. The first-order chi connectivity index (χ1) is 12.3. The quantitative estimate of drug-likeness (QED) is 0.739. The van der Waals surface area contributed by atoms with Crippen molar-refractivity contribution in [2.24, 2.45) is 0 Å². The summed E-state index contributed by atoms with van der Waals surface area (Å²) in [5.41, 5.74) is 13.2. The molecule has 0 atom stereocenters. The first-order valence-corrected chi connectivity index (χ1v) is 8.65.